The van der Waals surface area contributed by atoms with Crippen molar-refractivity contribution in [3.63, 3.8) is 0 Å². The van der Waals surface area contributed by atoms with Crippen molar-refractivity contribution in [2.75, 3.05) is 6.61 Å². The zero-order chi connectivity index (χ0) is 9.30. The fourth-order valence-corrected chi connectivity index (χ4v) is 1.80. The summed E-state index contributed by atoms with van der Waals surface area (Å²) in [5.41, 5.74) is -1.62. The Bertz CT molecular complexity index is 183. The highest BCUT2D eigenvalue weighted by atomic mass is 32.2. The van der Waals surface area contributed by atoms with Crippen molar-refractivity contribution in [3.05, 3.63) is 0 Å². The summed E-state index contributed by atoms with van der Waals surface area (Å²) in [6, 6.07) is 0. The van der Waals surface area contributed by atoms with Crippen LogP contribution in [0.3, 0.4) is 0 Å². The quantitative estimate of drug-likeness (QED) is 0.359. The van der Waals surface area contributed by atoms with Gasteiger partial charge in [0.05, 0.1) is 6.61 Å². The number of aliphatic hydroxyl groups excluding tert-OH is 4. The minimum absolute atomic E-state index is 0.559. The molecule has 7 heteroatoms. The van der Waals surface area contributed by atoms with Crippen LogP contribution in [0.2, 0.25) is 0 Å². The Hall–Kier alpha value is -0.0500. The third-order valence-corrected chi connectivity index (χ3v) is 2.73. The first-order valence-electron chi connectivity index (χ1n) is 3.30. The Kier molecular flexibility index (Phi) is 3.16. The maximum Gasteiger partial charge on any atom is 0.188 e. The second-order valence-corrected chi connectivity index (χ2v) is 3.65. The van der Waals surface area contributed by atoms with Gasteiger partial charge >= 0.3 is 0 Å². The maximum atomic E-state index is 10.8. The first-order valence-corrected chi connectivity index (χ1v) is 4.44. The summed E-state index contributed by atoms with van der Waals surface area (Å²) in [4.78, 5) is 0. The Morgan fingerprint density at radius 3 is 2.33 bits per heavy atom. The van der Waals surface area contributed by atoms with E-state index in [1.807, 2.05) is 0 Å². The zero-order valence-corrected chi connectivity index (χ0v) is 6.85. The number of rotatable bonds is 1. The molecule has 0 aliphatic carbocycles. The molecule has 4 N–H and O–H groups in total. The second-order valence-electron chi connectivity index (χ2n) is 2.45. The van der Waals surface area contributed by atoms with E-state index in [2.05, 4.69) is 4.18 Å². The molecule has 0 amide bonds. The molecule has 0 aromatic carbocycles. The molecular formula is C5H10O6S. The summed E-state index contributed by atoms with van der Waals surface area (Å²) in [6.45, 7) is -0.559. The highest BCUT2D eigenvalue weighted by Crippen LogP contribution is 2.18. The van der Waals surface area contributed by atoms with E-state index in [-0.39, 0.29) is 0 Å². The number of hydrogen-bond donors (Lipinski definition) is 4. The van der Waals surface area contributed by atoms with E-state index in [0.717, 1.165) is 0 Å². The molecule has 0 aromatic rings. The van der Waals surface area contributed by atoms with Crippen LogP contribution in [0.15, 0.2) is 0 Å². The Morgan fingerprint density at radius 2 is 1.83 bits per heavy atom. The van der Waals surface area contributed by atoms with Crippen LogP contribution in [0.4, 0.5) is 0 Å². The average Bonchev–Trinajstić information content (AvgIpc) is 2.08. The molecule has 0 bridgehead atoms. The van der Waals surface area contributed by atoms with Crippen LogP contribution >= 0.6 is 0 Å². The summed E-state index contributed by atoms with van der Waals surface area (Å²) in [7, 11) is 0. The first kappa shape index (κ1) is 10.0. The van der Waals surface area contributed by atoms with E-state index in [9.17, 15) is 4.21 Å². The lowest BCUT2D eigenvalue weighted by molar-refractivity contribution is -0.106. The molecule has 12 heavy (non-hydrogen) atoms. The standard InChI is InChI=1S/C5H10O6S/c6-1-2-3(7)4(8)5(9)12(10)11-2/h2-9H,1H2/t2-,3?,4?,5-,12?/m1/s1. The molecule has 1 aliphatic rings. The van der Waals surface area contributed by atoms with Gasteiger partial charge < -0.3 is 20.4 Å². The minimum Gasteiger partial charge on any atom is -0.394 e. The van der Waals surface area contributed by atoms with E-state index in [1.165, 1.54) is 0 Å². The Labute approximate surface area is 71.1 Å². The van der Waals surface area contributed by atoms with Crippen molar-refractivity contribution >= 4 is 11.1 Å². The third-order valence-electron chi connectivity index (χ3n) is 1.62. The first-order chi connectivity index (χ1) is 5.57. The van der Waals surface area contributed by atoms with Crippen molar-refractivity contribution in [2.45, 2.75) is 23.7 Å². The Morgan fingerprint density at radius 1 is 1.25 bits per heavy atom. The lowest BCUT2D eigenvalue weighted by Crippen LogP contribution is -2.54. The highest BCUT2D eigenvalue weighted by Gasteiger charge is 2.42. The molecule has 3 unspecified atom stereocenters. The second kappa shape index (κ2) is 3.77. The lowest BCUT2D eigenvalue weighted by atomic mass is 10.1. The predicted octanol–water partition coefficient (Wildman–Crippen LogP) is -2.92. The van der Waals surface area contributed by atoms with Crippen LogP contribution < -0.4 is 0 Å². The average molecular weight is 198 g/mol. The van der Waals surface area contributed by atoms with E-state index < -0.39 is 41.4 Å². The fraction of sp³-hybridized carbons (Fsp3) is 1.00. The van der Waals surface area contributed by atoms with Crippen molar-refractivity contribution in [1.29, 1.82) is 0 Å². The summed E-state index contributed by atoms with van der Waals surface area (Å²) in [5.74, 6) is 0. The van der Waals surface area contributed by atoms with Crippen molar-refractivity contribution in [2.24, 2.45) is 0 Å². The summed E-state index contributed by atoms with van der Waals surface area (Å²) in [5, 5.41) is 35.6. The molecule has 0 spiro atoms. The lowest BCUT2D eigenvalue weighted by Gasteiger charge is -2.32. The van der Waals surface area contributed by atoms with E-state index >= 15 is 0 Å². The molecule has 1 saturated heterocycles. The van der Waals surface area contributed by atoms with Gasteiger partial charge in [-0.1, -0.05) is 0 Å². The van der Waals surface area contributed by atoms with Crippen molar-refractivity contribution < 1.29 is 28.8 Å². The fourth-order valence-electron chi connectivity index (χ4n) is 0.877. The summed E-state index contributed by atoms with van der Waals surface area (Å²) >= 11 is -2.08. The summed E-state index contributed by atoms with van der Waals surface area (Å²) in [6.07, 6.45) is -4.07. The minimum atomic E-state index is -2.08. The molecule has 0 aromatic heterocycles. The maximum absolute atomic E-state index is 10.8. The van der Waals surface area contributed by atoms with Gasteiger partial charge in [-0.05, 0) is 0 Å². The van der Waals surface area contributed by atoms with Gasteiger partial charge in [0.2, 0.25) is 0 Å². The van der Waals surface area contributed by atoms with Gasteiger partial charge in [0.15, 0.2) is 16.5 Å². The largest absolute Gasteiger partial charge is 0.394 e. The highest BCUT2D eigenvalue weighted by molar-refractivity contribution is 7.80. The molecule has 6 nitrogen and oxygen atoms in total. The smallest absolute Gasteiger partial charge is 0.188 e. The van der Waals surface area contributed by atoms with Gasteiger partial charge in [-0.2, -0.15) is 0 Å². The van der Waals surface area contributed by atoms with Crippen LogP contribution in [0.25, 0.3) is 0 Å². The Balaban J connectivity index is 2.70. The molecule has 72 valence electrons. The van der Waals surface area contributed by atoms with Gasteiger partial charge in [0.1, 0.15) is 18.3 Å². The molecule has 0 radical (unpaired) electrons. The van der Waals surface area contributed by atoms with Crippen LogP contribution in [0.1, 0.15) is 0 Å². The molecule has 1 rings (SSSR count). The van der Waals surface area contributed by atoms with Gasteiger partial charge in [-0.25, -0.2) is 4.21 Å². The predicted molar refractivity (Wildman–Crippen MR) is 38.1 cm³/mol. The van der Waals surface area contributed by atoms with Gasteiger partial charge in [0.25, 0.3) is 0 Å². The van der Waals surface area contributed by atoms with Gasteiger partial charge in [-0.3, -0.25) is 4.18 Å². The molecule has 1 aliphatic heterocycles. The van der Waals surface area contributed by atoms with Crippen LogP contribution in [0, 0.1) is 0 Å². The summed E-state index contributed by atoms with van der Waals surface area (Å²) < 4.78 is 15.3. The topological polar surface area (TPSA) is 107 Å². The molecule has 1 fully saturated rings. The normalized spacial score (nSPS) is 49.2. The van der Waals surface area contributed by atoms with Crippen LogP contribution in [-0.4, -0.2) is 55.0 Å². The monoisotopic (exact) mass is 198 g/mol. The van der Waals surface area contributed by atoms with Crippen LogP contribution in [0.5, 0.6) is 0 Å². The van der Waals surface area contributed by atoms with E-state index in [0.29, 0.717) is 0 Å². The van der Waals surface area contributed by atoms with E-state index in [4.69, 9.17) is 20.4 Å². The van der Waals surface area contributed by atoms with Crippen molar-refractivity contribution in [3.8, 4) is 0 Å². The SMILES string of the molecule is O=S1O[C@H](CO)C(O)C(O)[C@@H]1O. The molecule has 5 atom stereocenters. The number of hydrogen-bond acceptors (Lipinski definition) is 6. The third kappa shape index (κ3) is 1.65. The molecular weight excluding hydrogens is 188 g/mol. The van der Waals surface area contributed by atoms with Gasteiger partial charge in [0, 0.05) is 0 Å². The number of aliphatic hydroxyl groups is 4. The molecule has 1 heterocycles. The van der Waals surface area contributed by atoms with Crippen molar-refractivity contribution in [1.82, 2.24) is 0 Å². The van der Waals surface area contributed by atoms with Crippen LogP contribution in [-0.2, 0) is 15.3 Å². The van der Waals surface area contributed by atoms with Gasteiger partial charge in [-0.15, -0.1) is 0 Å². The molecule has 0 saturated carbocycles. The van der Waals surface area contributed by atoms with E-state index in [1.54, 1.807) is 0 Å². The zero-order valence-electron chi connectivity index (χ0n) is 6.03.